The molecule has 19 heavy (non-hydrogen) atoms. The minimum Gasteiger partial charge on any atom is -0.493 e. The van der Waals surface area contributed by atoms with Crippen molar-refractivity contribution in [2.24, 2.45) is 0 Å². The Labute approximate surface area is 119 Å². The molecule has 0 atom stereocenters. The van der Waals surface area contributed by atoms with E-state index in [-0.39, 0.29) is 5.78 Å². The minimum atomic E-state index is -0.173. The summed E-state index contributed by atoms with van der Waals surface area (Å²) >= 11 is 3.32. The monoisotopic (exact) mass is 321 g/mol. The van der Waals surface area contributed by atoms with Crippen LogP contribution in [-0.2, 0) is 0 Å². The summed E-state index contributed by atoms with van der Waals surface area (Å²) < 4.78 is 11.0. The summed E-state index contributed by atoms with van der Waals surface area (Å²) in [5.74, 6) is 0.924. The zero-order chi connectivity index (χ0) is 13.8. The number of ketones is 1. The number of ether oxygens (including phenoxy) is 2. The van der Waals surface area contributed by atoms with Crippen molar-refractivity contribution in [3.63, 3.8) is 0 Å². The lowest BCUT2D eigenvalue weighted by molar-refractivity contribution is 0.103. The third-order valence-electron chi connectivity index (χ3n) is 2.62. The molecule has 0 saturated heterocycles. The quantitative estimate of drug-likeness (QED) is 0.812. The lowest BCUT2D eigenvalue weighted by Gasteiger charge is -2.09. The Bertz CT molecular complexity index is 613. The van der Waals surface area contributed by atoms with Gasteiger partial charge in [-0.25, -0.2) is 0 Å². The number of halogens is 1. The Balaban J connectivity index is 2.42. The van der Waals surface area contributed by atoms with Crippen molar-refractivity contribution in [2.75, 3.05) is 14.2 Å². The van der Waals surface area contributed by atoms with Crippen molar-refractivity contribution in [1.82, 2.24) is 4.98 Å². The maximum atomic E-state index is 12.3. The van der Waals surface area contributed by atoms with Crippen LogP contribution >= 0.6 is 15.9 Å². The van der Waals surface area contributed by atoms with Gasteiger partial charge >= 0.3 is 0 Å². The number of rotatable bonds is 4. The van der Waals surface area contributed by atoms with E-state index in [2.05, 4.69) is 20.9 Å². The lowest BCUT2D eigenvalue weighted by atomic mass is 10.1. The standard InChI is InChI=1S/C14H12BrNO3/c1-18-11-6-5-9(8-12(11)19-2)14(17)13-10(15)4-3-7-16-13/h3-8H,1-2H3. The fraction of sp³-hybridized carbons (Fsp3) is 0.143. The summed E-state index contributed by atoms with van der Waals surface area (Å²) in [5, 5.41) is 0. The number of aromatic nitrogens is 1. The number of hydrogen-bond acceptors (Lipinski definition) is 4. The molecule has 0 spiro atoms. The molecular formula is C14H12BrNO3. The molecule has 0 fully saturated rings. The van der Waals surface area contributed by atoms with E-state index in [9.17, 15) is 4.79 Å². The molecule has 0 aliphatic carbocycles. The number of carbonyl (C=O) groups excluding carboxylic acids is 1. The van der Waals surface area contributed by atoms with Gasteiger partial charge in [-0.2, -0.15) is 0 Å². The molecule has 2 rings (SSSR count). The van der Waals surface area contributed by atoms with E-state index in [1.165, 1.54) is 7.11 Å². The van der Waals surface area contributed by atoms with Crippen molar-refractivity contribution >= 4 is 21.7 Å². The summed E-state index contributed by atoms with van der Waals surface area (Å²) in [6.07, 6.45) is 1.58. The Morgan fingerprint density at radius 1 is 1.16 bits per heavy atom. The highest BCUT2D eigenvalue weighted by Crippen LogP contribution is 2.29. The molecule has 0 saturated carbocycles. The SMILES string of the molecule is COc1ccc(C(=O)c2ncccc2Br)cc1OC. The fourth-order valence-corrected chi connectivity index (χ4v) is 2.10. The van der Waals surface area contributed by atoms with Crippen LogP contribution in [0.5, 0.6) is 11.5 Å². The van der Waals surface area contributed by atoms with Crippen molar-refractivity contribution < 1.29 is 14.3 Å². The van der Waals surface area contributed by atoms with Gasteiger partial charge in [0.25, 0.3) is 0 Å². The largest absolute Gasteiger partial charge is 0.493 e. The molecule has 0 unspecified atom stereocenters. The van der Waals surface area contributed by atoms with Gasteiger partial charge in [0.1, 0.15) is 5.69 Å². The van der Waals surface area contributed by atoms with Crippen LogP contribution in [0, 0.1) is 0 Å². The predicted octanol–water partition coefficient (Wildman–Crippen LogP) is 3.09. The number of benzene rings is 1. The highest BCUT2D eigenvalue weighted by atomic mass is 79.9. The van der Waals surface area contributed by atoms with E-state index in [0.717, 1.165) is 0 Å². The maximum absolute atomic E-state index is 12.3. The molecule has 0 bridgehead atoms. The summed E-state index contributed by atoms with van der Waals surface area (Å²) in [7, 11) is 3.08. The number of nitrogens with zero attached hydrogens (tertiary/aromatic N) is 1. The van der Waals surface area contributed by atoms with E-state index < -0.39 is 0 Å². The molecule has 1 aromatic carbocycles. The average Bonchev–Trinajstić information content (AvgIpc) is 2.46. The molecule has 1 aromatic heterocycles. The molecule has 2 aromatic rings. The van der Waals surface area contributed by atoms with Gasteiger partial charge in [0.15, 0.2) is 11.5 Å². The normalized spacial score (nSPS) is 10.1. The smallest absolute Gasteiger partial charge is 0.212 e. The van der Waals surface area contributed by atoms with Crippen molar-refractivity contribution in [3.8, 4) is 11.5 Å². The highest BCUT2D eigenvalue weighted by molar-refractivity contribution is 9.10. The van der Waals surface area contributed by atoms with Crippen LogP contribution in [0.2, 0.25) is 0 Å². The van der Waals surface area contributed by atoms with E-state index in [4.69, 9.17) is 9.47 Å². The minimum absolute atomic E-state index is 0.173. The molecule has 98 valence electrons. The van der Waals surface area contributed by atoms with Gasteiger partial charge in [-0.15, -0.1) is 0 Å². The van der Waals surface area contributed by atoms with E-state index >= 15 is 0 Å². The zero-order valence-corrected chi connectivity index (χ0v) is 12.1. The molecule has 0 amide bonds. The number of hydrogen-bond donors (Lipinski definition) is 0. The Kier molecular flexibility index (Phi) is 4.16. The molecule has 0 radical (unpaired) electrons. The number of carbonyl (C=O) groups is 1. The Hall–Kier alpha value is -1.88. The van der Waals surface area contributed by atoms with Gasteiger partial charge in [0.05, 0.1) is 14.2 Å². The first-order chi connectivity index (χ1) is 9.17. The number of pyridine rings is 1. The van der Waals surface area contributed by atoms with E-state index in [1.54, 1.807) is 43.6 Å². The summed E-state index contributed by atoms with van der Waals surface area (Å²) in [5.41, 5.74) is 0.867. The second-order valence-electron chi connectivity index (χ2n) is 3.73. The molecule has 0 aliphatic heterocycles. The van der Waals surface area contributed by atoms with Crippen LogP contribution in [-0.4, -0.2) is 25.0 Å². The lowest BCUT2D eigenvalue weighted by Crippen LogP contribution is -2.05. The average molecular weight is 322 g/mol. The third-order valence-corrected chi connectivity index (χ3v) is 3.26. The van der Waals surface area contributed by atoms with Crippen LogP contribution in [0.15, 0.2) is 41.0 Å². The molecular weight excluding hydrogens is 310 g/mol. The van der Waals surface area contributed by atoms with Gasteiger partial charge in [0, 0.05) is 16.2 Å². The molecule has 5 heteroatoms. The summed E-state index contributed by atoms with van der Waals surface area (Å²) in [6, 6.07) is 8.56. The van der Waals surface area contributed by atoms with Crippen molar-refractivity contribution in [2.45, 2.75) is 0 Å². The summed E-state index contributed by atoms with van der Waals surface area (Å²) in [6.45, 7) is 0. The van der Waals surface area contributed by atoms with E-state index in [1.807, 2.05) is 0 Å². The second kappa shape index (κ2) is 5.84. The maximum Gasteiger partial charge on any atom is 0.212 e. The van der Waals surface area contributed by atoms with Gasteiger partial charge < -0.3 is 9.47 Å². The first-order valence-electron chi connectivity index (χ1n) is 5.54. The van der Waals surface area contributed by atoms with E-state index in [0.29, 0.717) is 27.2 Å². The third kappa shape index (κ3) is 2.76. The van der Waals surface area contributed by atoms with Crippen molar-refractivity contribution in [3.05, 3.63) is 52.3 Å². The Morgan fingerprint density at radius 3 is 2.53 bits per heavy atom. The van der Waals surface area contributed by atoms with Gasteiger partial charge in [-0.05, 0) is 46.3 Å². The first-order valence-corrected chi connectivity index (χ1v) is 6.34. The van der Waals surface area contributed by atoms with Crippen LogP contribution in [0.1, 0.15) is 16.1 Å². The number of methoxy groups -OCH3 is 2. The van der Waals surface area contributed by atoms with Crippen LogP contribution in [0.4, 0.5) is 0 Å². The van der Waals surface area contributed by atoms with Gasteiger partial charge in [-0.1, -0.05) is 0 Å². The van der Waals surface area contributed by atoms with Crippen LogP contribution < -0.4 is 9.47 Å². The predicted molar refractivity (Wildman–Crippen MR) is 74.9 cm³/mol. The topological polar surface area (TPSA) is 48.4 Å². The molecule has 1 heterocycles. The molecule has 0 N–H and O–H groups in total. The molecule has 0 aliphatic rings. The van der Waals surface area contributed by atoms with Gasteiger partial charge in [0.2, 0.25) is 5.78 Å². The second-order valence-corrected chi connectivity index (χ2v) is 4.59. The Morgan fingerprint density at radius 2 is 1.89 bits per heavy atom. The summed E-state index contributed by atoms with van der Waals surface area (Å²) in [4.78, 5) is 16.4. The van der Waals surface area contributed by atoms with Gasteiger partial charge in [-0.3, -0.25) is 9.78 Å². The van der Waals surface area contributed by atoms with Crippen LogP contribution in [0.3, 0.4) is 0 Å². The first kappa shape index (κ1) is 13.5. The van der Waals surface area contributed by atoms with Crippen LogP contribution in [0.25, 0.3) is 0 Å². The zero-order valence-electron chi connectivity index (χ0n) is 10.5. The highest BCUT2D eigenvalue weighted by Gasteiger charge is 2.16. The fourth-order valence-electron chi connectivity index (χ4n) is 1.67. The van der Waals surface area contributed by atoms with Crippen molar-refractivity contribution in [1.29, 1.82) is 0 Å². The molecule has 4 nitrogen and oxygen atoms in total.